The number of likely N-dealkylation sites (N-methyl/N-ethyl adjacent to an activating group) is 2. The molecule has 0 radical (unpaired) electrons. The number of carbonyl (C=O) groups is 11. The number of fused-ring (bicyclic) bond motifs is 3. The molecule has 3 aliphatic heterocycles. The van der Waals surface area contributed by atoms with Gasteiger partial charge >= 0.3 is 17.9 Å². The number of hydrogen-bond donors (Lipinski definition) is 4. The van der Waals surface area contributed by atoms with Crippen molar-refractivity contribution in [3.63, 3.8) is 0 Å². The van der Waals surface area contributed by atoms with Crippen molar-refractivity contribution in [2.75, 3.05) is 40.8 Å². The number of rotatable bonds is 11. The number of cyclic esters (lactones) is 1. The summed E-state index contributed by atoms with van der Waals surface area (Å²) < 4.78 is 22.6. The number of nitrogens with one attached hydrogen (secondary N) is 3. The number of amides is 6. The normalized spacial score (nSPS) is 30.2. The maximum absolute atomic E-state index is 14.4. The van der Waals surface area contributed by atoms with Crippen LogP contribution >= 0.6 is 0 Å². The van der Waals surface area contributed by atoms with Crippen molar-refractivity contribution < 1.29 is 76.8 Å². The summed E-state index contributed by atoms with van der Waals surface area (Å²) in [5.74, 6) is -11.2. The zero-order chi connectivity index (χ0) is 60.4. The summed E-state index contributed by atoms with van der Waals surface area (Å²) in [4.78, 5) is 154. The Morgan fingerprint density at radius 1 is 0.805 bits per heavy atom. The topological polar surface area (TPSA) is 291 Å². The molecule has 22 heteroatoms. The molecule has 4 fully saturated rings. The number of esters is 3. The maximum Gasteiger partial charge on any atom is 0.329 e. The minimum absolute atomic E-state index is 0.000573. The van der Waals surface area contributed by atoms with Crippen molar-refractivity contribution in [3.05, 3.63) is 35.9 Å². The van der Waals surface area contributed by atoms with Crippen LogP contribution < -0.4 is 16.0 Å². The molecule has 3 heterocycles. The zero-order valence-electron chi connectivity index (χ0n) is 49.6. The molecule has 1 aromatic rings. The van der Waals surface area contributed by atoms with Gasteiger partial charge in [-0.05, 0) is 113 Å². The van der Waals surface area contributed by atoms with Gasteiger partial charge in [0.2, 0.25) is 35.3 Å². The molecule has 4 aliphatic rings. The van der Waals surface area contributed by atoms with Gasteiger partial charge in [0.1, 0.15) is 36.4 Å². The van der Waals surface area contributed by atoms with Crippen molar-refractivity contribution >= 4 is 64.9 Å². The van der Waals surface area contributed by atoms with Crippen LogP contribution in [0, 0.1) is 29.6 Å². The largest absolute Gasteiger partial charge is 0.469 e. The molecule has 5 rings (SSSR count). The first-order valence-corrected chi connectivity index (χ1v) is 29.5. The minimum Gasteiger partial charge on any atom is -0.469 e. The van der Waals surface area contributed by atoms with E-state index in [9.17, 15) is 57.8 Å². The van der Waals surface area contributed by atoms with Crippen molar-refractivity contribution in [2.24, 2.45) is 29.6 Å². The highest BCUT2D eigenvalue weighted by atomic mass is 16.6. The molecule has 2 bridgehead atoms. The number of benzene rings is 1. The summed E-state index contributed by atoms with van der Waals surface area (Å²) in [7, 11) is 4.16. The number of carbonyl (C=O) groups excluding carboxylic acids is 11. The Labute approximate surface area is 482 Å². The second kappa shape index (κ2) is 31.4. The number of hydrogen-bond acceptors (Lipinski definition) is 16. The first kappa shape index (κ1) is 66.5. The van der Waals surface area contributed by atoms with Gasteiger partial charge in [-0.1, -0.05) is 65.0 Å². The van der Waals surface area contributed by atoms with Crippen LogP contribution in [0.15, 0.2) is 30.3 Å². The monoisotopic (exact) mass is 1150 g/mol. The molecule has 22 nitrogen and oxygen atoms in total. The van der Waals surface area contributed by atoms with Crippen LogP contribution in [0.3, 0.4) is 0 Å². The average Bonchev–Trinajstić information content (AvgIpc) is 3.44. The molecule has 0 spiro atoms. The fourth-order valence-electron chi connectivity index (χ4n) is 11.7. The molecule has 0 unspecified atom stereocenters. The van der Waals surface area contributed by atoms with E-state index in [-0.39, 0.29) is 120 Å². The summed E-state index contributed by atoms with van der Waals surface area (Å²) in [6.45, 7) is 10.4. The van der Waals surface area contributed by atoms with E-state index in [0.717, 1.165) is 10.5 Å². The molecule has 1 aromatic carbocycles. The number of Topliss-reactive ketones (excluding diaryl/α,β-unsaturated/α-hetero) is 2. The lowest BCUT2D eigenvalue weighted by molar-refractivity contribution is -0.263. The van der Waals surface area contributed by atoms with E-state index in [1.165, 1.54) is 37.9 Å². The fourth-order valence-corrected chi connectivity index (χ4v) is 11.7. The van der Waals surface area contributed by atoms with Gasteiger partial charge in [0.05, 0.1) is 39.0 Å². The number of piperidine rings is 1. The van der Waals surface area contributed by atoms with Crippen molar-refractivity contribution in [1.82, 2.24) is 30.7 Å². The summed E-state index contributed by atoms with van der Waals surface area (Å²) in [5, 5.41) is 20.4. The third kappa shape index (κ3) is 19.1. The lowest BCUT2D eigenvalue weighted by Crippen LogP contribution is -2.60. The van der Waals surface area contributed by atoms with E-state index in [2.05, 4.69) is 20.7 Å². The van der Waals surface area contributed by atoms with E-state index in [1.807, 2.05) is 33.8 Å². The zero-order valence-corrected chi connectivity index (χ0v) is 49.6. The van der Waals surface area contributed by atoms with Gasteiger partial charge in [-0.15, -0.1) is 0 Å². The maximum atomic E-state index is 14.4. The second-order valence-electron chi connectivity index (χ2n) is 23.8. The Morgan fingerprint density at radius 3 is 2.20 bits per heavy atom. The molecular formula is C60H90N6O16. The van der Waals surface area contributed by atoms with Gasteiger partial charge in [-0.25, -0.2) is 4.79 Å². The predicted octanol–water partition coefficient (Wildman–Crippen LogP) is 3.89. The van der Waals surface area contributed by atoms with Gasteiger partial charge < -0.3 is 54.7 Å². The third-order valence-electron chi connectivity index (χ3n) is 16.6. The Hall–Kier alpha value is -6.29. The van der Waals surface area contributed by atoms with Gasteiger partial charge in [0.15, 0.2) is 5.78 Å². The summed E-state index contributed by atoms with van der Waals surface area (Å²) in [5.41, 5.74) is 0.734. The highest BCUT2D eigenvalue weighted by Crippen LogP contribution is 2.38. The summed E-state index contributed by atoms with van der Waals surface area (Å²) in [6, 6.07) is 4.48. The number of methoxy groups -OCH3 is 1. The van der Waals surface area contributed by atoms with Gasteiger partial charge in [0, 0.05) is 52.4 Å². The SMILES string of the molecule is COC(=O)CCC(=O)O[C@@H]1CC[C@@H](C[C@@H](C)[C@@H]2CC(=O)NCCCC(=O)CN(C)C(=O)[C@H](Cc3ccccc3)NC(=O)[C@H](CC(C)C)N(C)C(=O)[C@H](C)NC(=O)CC[C@@H]3CC[C@@H](C)[C@@](O)(O3)C(=O)C(=O)N3CCCC[C@H]3C(=O)O2)C[C@H]1C. The molecule has 0 aromatic heterocycles. The highest BCUT2D eigenvalue weighted by molar-refractivity contribution is 6.39. The number of aliphatic hydroxyl groups is 1. The van der Waals surface area contributed by atoms with Crippen LogP contribution in [0.5, 0.6) is 0 Å². The van der Waals surface area contributed by atoms with Crippen molar-refractivity contribution in [3.8, 4) is 0 Å². The fraction of sp³-hybridized carbons (Fsp3) is 0.717. The third-order valence-corrected chi connectivity index (χ3v) is 16.6. The summed E-state index contributed by atoms with van der Waals surface area (Å²) in [6.07, 6.45) is 1.64. The van der Waals surface area contributed by atoms with E-state index < -0.39 is 113 Å². The van der Waals surface area contributed by atoms with Crippen LogP contribution in [0.2, 0.25) is 0 Å². The second-order valence-corrected chi connectivity index (χ2v) is 23.8. The van der Waals surface area contributed by atoms with Gasteiger partial charge in [-0.2, -0.15) is 0 Å². The minimum atomic E-state index is -2.60. The lowest BCUT2D eigenvalue weighted by atomic mass is 9.75. The molecule has 82 heavy (non-hydrogen) atoms. The first-order chi connectivity index (χ1) is 38.8. The average molecular weight is 1150 g/mol. The van der Waals surface area contributed by atoms with Gasteiger partial charge in [0.25, 0.3) is 11.7 Å². The molecule has 1 saturated carbocycles. The van der Waals surface area contributed by atoms with Crippen LogP contribution in [0.25, 0.3) is 0 Å². The Morgan fingerprint density at radius 2 is 1.51 bits per heavy atom. The van der Waals surface area contributed by atoms with Crippen LogP contribution in [-0.2, 0) is 78.1 Å². The van der Waals surface area contributed by atoms with Crippen LogP contribution in [0.1, 0.15) is 156 Å². The molecular weight excluding hydrogens is 1060 g/mol. The molecule has 6 amide bonds. The van der Waals surface area contributed by atoms with E-state index in [1.54, 1.807) is 31.2 Å². The smallest absolute Gasteiger partial charge is 0.329 e. The van der Waals surface area contributed by atoms with E-state index in [4.69, 9.17) is 14.2 Å². The number of ketones is 2. The quantitative estimate of drug-likeness (QED) is 0.139. The van der Waals surface area contributed by atoms with Crippen LogP contribution in [0.4, 0.5) is 0 Å². The van der Waals surface area contributed by atoms with Crippen molar-refractivity contribution in [2.45, 2.75) is 205 Å². The number of nitrogens with zero attached hydrogens (tertiary/aromatic N) is 3. The predicted molar refractivity (Wildman–Crippen MR) is 298 cm³/mol. The Balaban J connectivity index is 1.39. The highest BCUT2D eigenvalue weighted by Gasteiger charge is 2.53. The lowest BCUT2D eigenvalue weighted by Gasteiger charge is -2.42. The summed E-state index contributed by atoms with van der Waals surface area (Å²) >= 11 is 0. The molecule has 4 N–H and O–H groups in total. The molecule has 3 saturated heterocycles. The van der Waals surface area contributed by atoms with Crippen LogP contribution in [-0.4, -0.2) is 174 Å². The Bertz CT molecular complexity index is 2420. The standard InChI is InChI=1S/C60H90N6O16/c1-36(2)30-47-55(73)63-45(33-41-16-11-10-12-17-41)57(75)64(7)35-43(67)18-15-28-61-51(69)34-49(38(4)32-42-21-24-48(37(3)31-42)80-53(71)27-26-52(70)79-9)81-59(77)46-19-13-14-29-66(46)58(76)54(72)60(78)39(5)20-22-44(82-60)23-25-50(68)62-40(6)56(74)65(47)8/h10-12,16-17,36-40,42,44-49,78H,13-15,18-35H2,1-9H3,(H,61,69)(H,62,68)(H,63,73)/t37-,38-,39-,40+,42-,44+,45+,46+,47+,48-,49+,60-/m1/s1. The number of ether oxygens (including phenoxy) is 4. The first-order valence-electron chi connectivity index (χ1n) is 29.5. The van der Waals surface area contributed by atoms with E-state index >= 15 is 0 Å². The van der Waals surface area contributed by atoms with Crippen molar-refractivity contribution in [1.29, 1.82) is 0 Å². The van der Waals surface area contributed by atoms with Gasteiger partial charge in [-0.3, -0.25) is 47.9 Å². The molecule has 1 aliphatic carbocycles. The molecule has 456 valence electrons. The molecule has 12 atom stereocenters. The van der Waals surface area contributed by atoms with E-state index in [0.29, 0.717) is 44.9 Å². The Kier molecular flexibility index (Phi) is 25.5.